The lowest BCUT2D eigenvalue weighted by atomic mass is 10.2. The van der Waals surface area contributed by atoms with Crippen molar-refractivity contribution in [2.45, 2.75) is 57.4 Å². The SMILES string of the molecule is CCC(CC)n1ccc(CNCC2CCCS2)n1. The van der Waals surface area contributed by atoms with E-state index in [2.05, 4.69) is 53.0 Å². The molecule has 1 aromatic heterocycles. The van der Waals surface area contributed by atoms with Gasteiger partial charge in [0.15, 0.2) is 0 Å². The van der Waals surface area contributed by atoms with Crippen molar-refractivity contribution in [2.75, 3.05) is 12.3 Å². The zero-order valence-electron chi connectivity index (χ0n) is 11.6. The first-order valence-corrected chi connectivity index (χ1v) is 8.24. The molecule has 4 heteroatoms. The lowest BCUT2D eigenvalue weighted by molar-refractivity contribution is 0.424. The number of hydrogen-bond acceptors (Lipinski definition) is 3. The van der Waals surface area contributed by atoms with Crippen molar-refractivity contribution in [3.63, 3.8) is 0 Å². The predicted molar refractivity (Wildman–Crippen MR) is 79.0 cm³/mol. The van der Waals surface area contributed by atoms with Crippen molar-refractivity contribution >= 4 is 11.8 Å². The molecule has 1 saturated heterocycles. The zero-order valence-corrected chi connectivity index (χ0v) is 12.4. The van der Waals surface area contributed by atoms with Gasteiger partial charge in [0.2, 0.25) is 0 Å². The molecule has 1 aliphatic heterocycles. The van der Waals surface area contributed by atoms with Crippen molar-refractivity contribution in [3.05, 3.63) is 18.0 Å². The molecule has 2 heterocycles. The molecule has 1 aliphatic rings. The summed E-state index contributed by atoms with van der Waals surface area (Å²) in [6, 6.07) is 2.71. The van der Waals surface area contributed by atoms with E-state index in [0.717, 1.165) is 31.2 Å². The molecule has 18 heavy (non-hydrogen) atoms. The molecule has 0 bridgehead atoms. The molecular weight excluding hydrogens is 242 g/mol. The third-order valence-electron chi connectivity index (χ3n) is 3.68. The van der Waals surface area contributed by atoms with E-state index in [1.165, 1.54) is 24.3 Å². The van der Waals surface area contributed by atoms with Crippen molar-refractivity contribution in [2.24, 2.45) is 0 Å². The maximum Gasteiger partial charge on any atom is 0.0762 e. The van der Waals surface area contributed by atoms with Crippen molar-refractivity contribution < 1.29 is 0 Å². The van der Waals surface area contributed by atoms with Gasteiger partial charge in [-0.2, -0.15) is 16.9 Å². The van der Waals surface area contributed by atoms with Crippen LogP contribution in [0.5, 0.6) is 0 Å². The Kier molecular flexibility index (Phi) is 5.57. The predicted octanol–water partition coefficient (Wildman–Crippen LogP) is 3.23. The van der Waals surface area contributed by atoms with Crippen LogP contribution >= 0.6 is 11.8 Å². The van der Waals surface area contributed by atoms with Crippen LogP contribution in [0, 0.1) is 0 Å². The van der Waals surface area contributed by atoms with Crippen LogP contribution in [0.1, 0.15) is 51.3 Å². The molecule has 1 fully saturated rings. The second-order valence-electron chi connectivity index (χ2n) is 5.02. The van der Waals surface area contributed by atoms with E-state index in [4.69, 9.17) is 0 Å². The molecular formula is C14H25N3S. The van der Waals surface area contributed by atoms with E-state index < -0.39 is 0 Å². The lowest BCUT2D eigenvalue weighted by Gasteiger charge is -2.12. The summed E-state index contributed by atoms with van der Waals surface area (Å²) in [5.41, 5.74) is 1.17. The largest absolute Gasteiger partial charge is 0.310 e. The third kappa shape index (κ3) is 3.75. The number of nitrogens with zero attached hydrogens (tertiary/aromatic N) is 2. The average molecular weight is 267 g/mol. The van der Waals surface area contributed by atoms with Gasteiger partial charge in [0.1, 0.15) is 0 Å². The number of hydrogen-bond donors (Lipinski definition) is 1. The molecule has 1 atom stereocenters. The van der Waals surface area contributed by atoms with Crippen LogP contribution in [0.4, 0.5) is 0 Å². The Labute approximate surface area is 115 Å². The molecule has 0 radical (unpaired) electrons. The normalized spacial score (nSPS) is 19.8. The van der Waals surface area contributed by atoms with E-state index in [1.807, 2.05) is 0 Å². The quantitative estimate of drug-likeness (QED) is 0.822. The van der Waals surface area contributed by atoms with Gasteiger partial charge in [-0.15, -0.1) is 0 Å². The zero-order chi connectivity index (χ0) is 12.8. The molecule has 0 amide bonds. The van der Waals surface area contributed by atoms with E-state index in [-0.39, 0.29) is 0 Å². The third-order valence-corrected chi connectivity index (χ3v) is 5.08. The summed E-state index contributed by atoms with van der Waals surface area (Å²) in [4.78, 5) is 0. The molecule has 0 aliphatic carbocycles. The minimum Gasteiger partial charge on any atom is -0.310 e. The number of rotatable bonds is 7. The topological polar surface area (TPSA) is 29.9 Å². The second-order valence-corrected chi connectivity index (χ2v) is 6.43. The Morgan fingerprint density at radius 2 is 2.33 bits per heavy atom. The van der Waals surface area contributed by atoms with Crippen LogP contribution in [0.2, 0.25) is 0 Å². The van der Waals surface area contributed by atoms with Gasteiger partial charge in [-0.3, -0.25) is 4.68 Å². The average Bonchev–Trinajstić information content (AvgIpc) is 3.03. The first-order valence-electron chi connectivity index (χ1n) is 7.19. The van der Waals surface area contributed by atoms with Crippen LogP contribution in [0.15, 0.2) is 12.3 Å². The summed E-state index contributed by atoms with van der Waals surface area (Å²) in [6.45, 7) is 6.49. The minimum absolute atomic E-state index is 0.559. The number of thioether (sulfide) groups is 1. The van der Waals surface area contributed by atoms with Gasteiger partial charge in [0, 0.05) is 24.5 Å². The van der Waals surface area contributed by atoms with Gasteiger partial charge < -0.3 is 5.32 Å². The lowest BCUT2D eigenvalue weighted by Crippen LogP contribution is -2.23. The minimum atomic E-state index is 0.559. The highest BCUT2D eigenvalue weighted by Crippen LogP contribution is 2.25. The van der Waals surface area contributed by atoms with Crippen LogP contribution in [-0.4, -0.2) is 27.3 Å². The first kappa shape index (κ1) is 13.9. The Hall–Kier alpha value is -0.480. The van der Waals surface area contributed by atoms with Crippen LogP contribution in [0.25, 0.3) is 0 Å². The van der Waals surface area contributed by atoms with E-state index in [9.17, 15) is 0 Å². The fraction of sp³-hybridized carbons (Fsp3) is 0.786. The van der Waals surface area contributed by atoms with Gasteiger partial charge in [-0.25, -0.2) is 0 Å². The summed E-state index contributed by atoms with van der Waals surface area (Å²) < 4.78 is 2.13. The summed E-state index contributed by atoms with van der Waals surface area (Å²) >= 11 is 2.11. The maximum absolute atomic E-state index is 4.66. The molecule has 0 saturated carbocycles. The second kappa shape index (κ2) is 7.19. The number of aromatic nitrogens is 2. The molecule has 0 aromatic carbocycles. The molecule has 1 unspecified atom stereocenters. The smallest absolute Gasteiger partial charge is 0.0762 e. The molecule has 2 rings (SSSR count). The standard InChI is InChI=1S/C14H25N3S/c1-3-13(4-2)17-8-7-12(16-17)10-15-11-14-6-5-9-18-14/h7-8,13-15H,3-6,9-11H2,1-2H3. The van der Waals surface area contributed by atoms with Gasteiger partial charge >= 0.3 is 0 Å². The van der Waals surface area contributed by atoms with Crippen molar-refractivity contribution in [3.8, 4) is 0 Å². The van der Waals surface area contributed by atoms with Gasteiger partial charge in [-0.1, -0.05) is 13.8 Å². The molecule has 3 nitrogen and oxygen atoms in total. The van der Waals surface area contributed by atoms with E-state index in [1.54, 1.807) is 0 Å². The fourth-order valence-corrected chi connectivity index (χ4v) is 3.74. The first-order chi connectivity index (χ1) is 8.83. The summed E-state index contributed by atoms with van der Waals surface area (Å²) in [5, 5.41) is 9.02. The number of nitrogens with one attached hydrogen (secondary N) is 1. The fourth-order valence-electron chi connectivity index (χ4n) is 2.50. The Balaban J connectivity index is 1.75. The van der Waals surface area contributed by atoms with E-state index >= 15 is 0 Å². The van der Waals surface area contributed by atoms with Gasteiger partial charge in [0.25, 0.3) is 0 Å². The highest BCUT2D eigenvalue weighted by Gasteiger charge is 2.15. The molecule has 102 valence electrons. The van der Waals surface area contributed by atoms with Gasteiger partial charge in [0.05, 0.1) is 11.7 Å². The Morgan fingerprint density at radius 3 is 3.00 bits per heavy atom. The molecule has 0 spiro atoms. The van der Waals surface area contributed by atoms with E-state index in [0.29, 0.717) is 6.04 Å². The van der Waals surface area contributed by atoms with Crippen LogP contribution in [0.3, 0.4) is 0 Å². The Morgan fingerprint density at radius 1 is 1.50 bits per heavy atom. The molecule has 1 aromatic rings. The summed E-state index contributed by atoms with van der Waals surface area (Å²) in [6.07, 6.45) is 7.20. The van der Waals surface area contributed by atoms with Crippen molar-refractivity contribution in [1.82, 2.24) is 15.1 Å². The maximum atomic E-state index is 4.66. The summed E-state index contributed by atoms with van der Waals surface area (Å²) in [7, 11) is 0. The molecule has 1 N–H and O–H groups in total. The van der Waals surface area contributed by atoms with Crippen LogP contribution in [-0.2, 0) is 6.54 Å². The highest BCUT2D eigenvalue weighted by molar-refractivity contribution is 8.00. The van der Waals surface area contributed by atoms with Crippen molar-refractivity contribution in [1.29, 1.82) is 0 Å². The van der Waals surface area contributed by atoms with Gasteiger partial charge in [-0.05, 0) is 37.5 Å². The Bertz CT molecular complexity index is 341. The monoisotopic (exact) mass is 267 g/mol. The summed E-state index contributed by atoms with van der Waals surface area (Å²) in [5.74, 6) is 1.34. The highest BCUT2D eigenvalue weighted by atomic mass is 32.2. The van der Waals surface area contributed by atoms with Crippen LogP contribution < -0.4 is 5.32 Å².